The molecule has 1 fully saturated rings. The fourth-order valence-corrected chi connectivity index (χ4v) is 3.64. The minimum Gasteiger partial charge on any atom is -0.420 e. The molecule has 0 unspecified atom stereocenters. The van der Waals surface area contributed by atoms with Gasteiger partial charge in [-0.3, -0.25) is 9.78 Å². The molecule has 1 saturated heterocycles. The summed E-state index contributed by atoms with van der Waals surface area (Å²) >= 11 is 0. The smallest absolute Gasteiger partial charge is 0.254 e. The van der Waals surface area contributed by atoms with Crippen LogP contribution in [0.2, 0.25) is 0 Å². The summed E-state index contributed by atoms with van der Waals surface area (Å²) in [7, 11) is 1.66. The highest BCUT2D eigenvalue weighted by Crippen LogP contribution is 2.34. The number of hydrogen-bond donors (Lipinski definition) is 0. The van der Waals surface area contributed by atoms with Crippen molar-refractivity contribution in [3.05, 3.63) is 65.8 Å². The molecular formula is C21H22N4O3. The Morgan fingerprint density at radius 1 is 1.21 bits per heavy atom. The van der Waals surface area contributed by atoms with E-state index in [-0.39, 0.29) is 17.7 Å². The average molecular weight is 378 g/mol. The van der Waals surface area contributed by atoms with Gasteiger partial charge in [-0.15, -0.1) is 10.2 Å². The summed E-state index contributed by atoms with van der Waals surface area (Å²) < 4.78 is 11.3. The molecular weight excluding hydrogens is 356 g/mol. The van der Waals surface area contributed by atoms with E-state index in [0.717, 1.165) is 11.3 Å². The lowest BCUT2D eigenvalue weighted by molar-refractivity contribution is 0.0775. The van der Waals surface area contributed by atoms with Gasteiger partial charge in [-0.2, -0.15) is 0 Å². The van der Waals surface area contributed by atoms with Crippen LogP contribution in [0, 0.1) is 12.8 Å². The van der Waals surface area contributed by atoms with E-state index in [1.165, 1.54) is 0 Å². The van der Waals surface area contributed by atoms with Crippen molar-refractivity contribution in [1.82, 2.24) is 20.1 Å². The summed E-state index contributed by atoms with van der Waals surface area (Å²) in [5.74, 6) is 1.05. The second-order valence-corrected chi connectivity index (χ2v) is 7.03. The summed E-state index contributed by atoms with van der Waals surface area (Å²) in [6.45, 7) is 3.50. The van der Waals surface area contributed by atoms with Gasteiger partial charge in [0, 0.05) is 49.1 Å². The van der Waals surface area contributed by atoms with Gasteiger partial charge in [0.15, 0.2) is 0 Å². The second-order valence-electron chi connectivity index (χ2n) is 7.03. The van der Waals surface area contributed by atoms with Crippen LogP contribution >= 0.6 is 0 Å². The summed E-state index contributed by atoms with van der Waals surface area (Å²) in [5, 5.41) is 8.46. The van der Waals surface area contributed by atoms with Gasteiger partial charge in [-0.1, -0.05) is 18.2 Å². The van der Waals surface area contributed by atoms with Gasteiger partial charge in [-0.25, -0.2) is 0 Å². The first-order valence-corrected chi connectivity index (χ1v) is 9.25. The van der Waals surface area contributed by atoms with E-state index in [1.54, 1.807) is 25.4 Å². The Morgan fingerprint density at radius 3 is 2.79 bits per heavy atom. The van der Waals surface area contributed by atoms with Crippen LogP contribution in [0.5, 0.6) is 0 Å². The van der Waals surface area contributed by atoms with E-state index in [2.05, 4.69) is 15.2 Å². The fourth-order valence-electron chi connectivity index (χ4n) is 3.64. The molecule has 144 valence electrons. The number of aromatic nitrogens is 3. The van der Waals surface area contributed by atoms with E-state index in [4.69, 9.17) is 9.15 Å². The van der Waals surface area contributed by atoms with Crippen LogP contribution in [0.25, 0.3) is 11.5 Å². The zero-order valence-electron chi connectivity index (χ0n) is 15.9. The molecule has 4 rings (SSSR count). The average Bonchev–Trinajstić information content (AvgIpc) is 3.36. The number of ether oxygens (including phenoxy) is 1. The molecule has 1 aliphatic heterocycles. The number of methoxy groups -OCH3 is 1. The summed E-state index contributed by atoms with van der Waals surface area (Å²) in [6.07, 6.45) is 1.66. The molecule has 0 aliphatic carbocycles. The molecule has 1 aliphatic rings. The fraction of sp³-hybridized carbons (Fsp3) is 0.333. The van der Waals surface area contributed by atoms with Crippen molar-refractivity contribution in [2.45, 2.75) is 12.8 Å². The summed E-state index contributed by atoms with van der Waals surface area (Å²) in [5.41, 5.74) is 2.34. The minimum atomic E-state index is -0.0585. The first kappa shape index (κ1) is 18.3. The van der Waals surface area contributed by atoms with Crippen molar-refractivity contribution in [3.8, 4) is 11.5 Å². The number of rotatable bonds is 5. The molecule has 3 aromatic rings. The van der Waals surface area contributed by atoms with Crippen molar-refractivity contribution in [2.24, 2.45) is 5.92 Å². The number of carbonyl (C=O) groups is 1. The van der Waals surface area contributed by atoms with Crippen molar-refractivity contribution in [1.29, 1.82) is 0 Å². The third kappa shape index (κ3) is 3.66. The number of benzene rings is 1. The van der Waals surface area contributed by atoms with Crippen molar-refractivity contribution >= 4 is 5.91 Å². The maximum atomic E-state index is 12.9. The van der Waals surface area contributed by atoms with Gasteiger partial charge >= 0.3 is 0 Å². The number of likely N-dealkylation sites (tertiary alicyclic amines) is 1. The number of pyridine rings is 1. The van der Waals surface area contributed by atoms with Gasteiger partial charge in [0.05, 0.1) is 12.5 Å². The van der Waals surface area contributed by atoms with Crippen molar-refractivity contribution in [3.63, 3.8) is 0 Å². The molecule has 28 heavy (non-hydrogen) atoms. The van der Waals surface area contributed by atoms with Crippen LogP contribution in [0.15, 0.2) is 53.1 Å². The first-order chi connectivity index (χ1) is 13.7. The number of nitrogens with zero attached hydrogens (tertiary/aromatic N) is 4. The predicted molar refractivity (Wildman–Crippen MR) is 103 cm³/mol. The van der Waals surface area contributed by atoms with Gasteiger partial charge in [0.1, 0.15) is 0 Å². The molecule has 7 heteroatoms. The van der Waals surface area contributed by atoms with E-state index >= 15 is 0 Å². The molecule has 2 aromatic heterocycles. The molecule has 0 N–H and O–H groups in total. The third-order valence-corrected chi connectivity index (χ3v) is 5.03. The number of amides is 1. The molecule has 2 atom stereocenters. The highest BCUT2D eigenvalue weighted by Gasteiger charge is 2.39. The summed E-state index contributed by atoms with van der Waals surface area (Å²) in [6, 6.07) is 13.2. The van der Waals surface area contributed by atoms with Crippen LogP contribution < -0.4 is 0 Å². The van der Waals surface area contributed by atoms with E-state index < -0.39 is 0 Å². The standard InChI is InChI=1S/C21H22N4O3/c1-14-10-16(8-9-22-14)21(26)25-11-17(13-27-2)18(12-25)20-24-23-19(28-20)15-6-4-3-5-7-15/h3-10,17-18H,11-13H2,1-2H3/t17-,18+/m0/s1. The monoisotopic (exact) mass is 378 g/mol. The Hall–Kier alpha value is -3.06. The molecule has 0 bridgehead atoms. The van der Waals surface area contributed by atoms with Crippen LogP contribution in [0.3, 0.4) is 0 Å². The van der Waals surface area contributed by atoms with Crippen LogP contribution in [0.1, 0.15) is 27.9 Å². The Kier molecular flexibility index (Phi) is 5.16. The van der Waals surface area contributed by atoms with E-state index in [9.17, 15) is 4.79 Å². The van der Waals surface area contributed by atoms with Crippen LogP contribution in [-0.2, 0) is 4.74 Å². The van der Waals surface area contributed by atoms with Gasteiger partial charge in [0.25, 0.3) is 5.91 Å². The second kappa shape index (κ2) is 7.90. The molecule has 1 amide bonds. The SMILES string of the molecule is COC[C@@H]1CN(C(=O)c2ccnc(C)c2)C[C@H]1c1nnc(-c2ccccc2)o1. The van der Waals surface area contributed by atoms with Gasteiger partial charge in [0.2, 0.25) is 11.8 Å². The topological polar surface area (TPSA) is 81.4 Å². The molecule has 0 spiro atoms. The molecule has 0 saturated carbocycles. The van der Waals surface area contributed by atoms with Gasteiger partial charge < -0.3 is 14.1 Å². The lowest BCUT2D eigenvalue weighted by Gasteiger charge is -2.16. The molecule has 7 nitrogen and oxygen atoms in total. The van der Waals surface area contributed by atoms with Crippen molar-refractivity contribution < 1.29 is 13.9 Å². The molecule has 1 aromatic carbocycles. The third-order valence-electron chi connectivity index (χ3n) is 5.03. The normalized spacial score (nSPS) is 19.1. The predicted octanol–water partition coefficient (Wildman–Crippen LogP) is 2.94. The van der Waals surface area contributed by atoms with Crippen LogP contribution in [0.4, 0.5) is 0 Å². The lowest BCUT2D eigenvalue weighted by Crippen LogP contribution is -2.29. The van der Waals surface area contributed by atoms with Crippen molar-refractivity contribution in [2.75, 3.05) is 26.8 Å². The maximum absolute atomic E-state index is 12.9. The Balaban J connectivity index is 1.56. The lowest BCUT2D eigenvalue weighted by atomic mass is 9.97. The summed E-state index contributed by atoms with van der Waals surface area (Å²) in [4.78, 5) is 18.9. The maximum Gasteiger partial charge on any atom is 0.254 e. The van der Waals surface area contributed by atoms with E-state index in [0.29, 0.717) is 37.0 Å². The van der Waals surface area contributed by atoms with Crippen LogP contribution in [-0.4, -0.2) is 52.8 Å². The zero-order chi connectivity index (χ0) is 19.5. The number of hydrogen-bond acceptors (Lipinski definition) is 6. The highest BCUT2D eigenvalue weighted by molar-refractivity contribution is 5.94. The number of carbonyl (C=O) groups excluding carboxylic acids is 1. The number of aryl methyl sites for hydroxylation is 1. The van der Waals surface area contributed by atoms with Gasteiger partial charge in [-0.05, 0) is 31.2 Å². The molecule has 3 heterocycles. The quantitative estimate of drug-likeness (QED) is 0.679. The Bertz CT molecular complexity index is 957. The highest BCUT2D eigenvalue weighted by atomic mass is 16.5. The minimum absolute atomic E-state index is 0.0168. The largest absolute Gasteiger partial charge is 0.420 e. The Labute approximate surface area is 163 Å². The molecule has 0 radical (unpaired) electrons. The first-order valence-electron chi connectivity index (χ1n) is 9.25. The zero-order valence-corrected chi connectivity index (χ0v) is 15.9. The van der Waals surface area contributed by atoms with E-state index in [1.807, 2.05) is 42.2 Å². The Morgan fingerprint density at radius 2 is 2.04 bits per heavy atom.